The number of hydrogen-bond acceptors (Lipinski definition) is 4. The van der Waals surface area contributed by atoms with Crippen molar-refractivity contribution in [2.24, 2.45) is 0 Å². The molecule has 1 amide bonds. The number of hydrogen-bond donors (Lipinski definition) is 1. The van der Waals surface area contributed by atoms with Gasteiger partial charge in [-0.25, -0.2) is 0 Å². The van der Waals surface area contributed by atoms with E-state index in [4.69, 9.17) is 14.2 Å². The van der Waals surface area contributed by atoms with Crippen LogP contribution in [0.25, 0.3) is 0 Å². The van der Waals surface area contributed by atoms with Crippen LogP contribution in [0.2, 0.25) is 0 Å². The molecular formula is C18H21NO4. The first-order chi connectivity index (χ1) is 11.0. The molecule has 0 spiro atoms. The maximum atomic E-state index is 12.4. The fourth-order valence-electron chi connectivity index (χ4n) is 2.10. The van der Waals surface area contributed by atoms with Gasteiger partial charge in [-0.2, -0.15) is 0 Å². The van der Waals surface area contributed by atoms with E-state index in [0.717, 1.165) is 0 Å². The summed E-state index contributed by atoms with van der Waals surface area (Å²) in [6.45, 7) is 3.86. The highest BCUT2D eigenvalue weighted by atomic mass is 16.5. The lowest BCUT2D eigenvalue weighted by molar-refractivity contribution is 0.102. The zero-order valence-electron chi connectivity index (χ0n) is 13.8. The van der Waals surface area contributed by atoms with Crippen molar-refractivity contribution in [3.05, 3.63) is 48.0 Å². The first-order valence-corrected chi connectivity index (χ1v) is 7.34. The first kappa shape index (κ1) is 16.7. The van der Waals surface area contributed by atoms with Crippen molar-refractivity contribution in [2.75, 3.05) is 19.5 Å². The van der Waals surface area contributed by atoms with Gasteiger partial charge in [-0.05, 0) is 44.2 Å². The summed E-state index contributed by atoms with van der Waals surface area (Å²) in [5, 5.41) is 2.83. The van der Waals surface area contributed by atoms with Crippen molar-refractivity contribution >= 4 is 11.6 Å². The highest BCUT2D eigenvalue weighted by Gasteiger charge is 2.13. The summed E-state index contributed by atoms with van der Waals surface area (Å²) < 4.78 is 16.2. The zero-order valence-corrected chi connectivity index (χ0v) is 13.8. The molecule has 0 bridgehead atoms. The van der Waals surface area contributed by atoms with Crippen LogP contribution in [0.15, 0.2) is 42.5 Å². The predicted molar refractivity (Wildman–Crippen MR) is 89.7 cm³/mol. The van der Waals surface area contributed by atoms with Gasteiger partial charge in [0.05, 0.1) is 26.0 Å². The Balaban J connectivity index is 2.22. The summed E-state index contributed by atoms with van der Waals surface area (Å²) in [5.41, 5.74) is 1.09. The molecule has 0 aliphatic heterocycles. The second-order valence-corrected chi connectivity index (χ2v) is 5.19. The molecule has 2 aromatic carbocycles. The Labute approximate surface area is 136 Å². The second kappa shape index (κ2) is 7.54. The fraction of sp³-hybridized carbons (Fsp3) is 0.278. The molecule has 0 fully saturated rings. The molecule has 0 aliphatic rings. The van der Waals surface area contributed by atoms with Gasteiger partial charge < -0.3 is 19.5 Å². The Morgan fingerprint density at radius 1 is 0.957 bits per heavy atom. The summed E-state index contributed by atoms with van der Waals surface area (Å²) in [4.78, 5) is 12.4. The van der Waals surface area contributed by atoms with Gasteiger partial charge in [0, 0.05) is 5.56 Å². The van der Waals surface area contributed by atoms with Gasteiger partial charge >= 0.3 is 0 Å². The number of amides is 1. The van der Waals surface area contributed by atoms with E-state index in [9.17, 15) is 4.79 Å². The van der Waals surface area contributed by atoms with Crippen molar-refractivity contribution in [1.29, 1.82) is 0 Å². The largest absolute Gasteiger partial charge is 0.495 e. The summed E-state index contributed by atoms with van der Waals surface area (Å²) in [7, 11) is 3.11. The van der Waals surface area contributed by atoms with E-state index in [1.165, 1.54) is 0 Å². The minimum atomic E-state index is -0.246. The normalized spacial score (nSPS) is 10.3. The molecule has 2 rings (SSSR count). The molecule has 1 N–H and O–H groups in total. The molecule has 2 aromatic rings. The van der Waals surface area contributed by atoms with Crippen molar-refractivity contribution < 1.29 is 19.0 Å². The van der Waals surface area contributed by atoms with Crippen molar-refractivity contribution in [2.45, 2.75) is 20.0 Å². The monoisotopic (exact) mass is 315 g/mol. The van der Waals surface area contributed by atoms with E-state index >= 15 is 0 Å². The average molecular weight is 315 g/mol. The van der Waals surface area contributed by atoms with Gasteiger partial charge in [-0.3, -0.25) is 4.79 Å². The van der Waals surface area contributed by atoms with E-state index in [1.807, 2.05) is 26.0 Å². The van der Waals surface area contributed by atoms with E-state index in [1.54, 1.807) is 44.6 Å². The van der Waals surface area contributed by atoms with E-state index in [0.29, 0.717) is 28.5 Å². The molecule has 0 atom stereocenters. The molecule has 0 heterocycles. The van der Waals surface area contributed by atoms with Crippen LogP contribution in [0.4, 0.5) is 5.69 Å². The predicted octanol–water partition coefficient (Wildman–Crippen LogP) is 3.74. The van der Waals surface area contributed by atoms with Crippen LogP contribution < -0.4 is 19.5 Å². The van der Waals surface area contributed by atoms with Gasteiger partial charge in [0.15, 0.2) is 11.5 Å². The molecular weight excluding hydrogens is 294 g/mol. The standard InChI is InChI=1S/C18H21NO4/c1-12(2)23-16-10-9-13(11-17(16)22-4)18(20)19-14-7-5-6-8-15(14)21-3/h5-12H,1-4H3,(H,19,20). The number of carbonyl (C=O) groups is 1. The molecule has 0 radical (unpaired) electrons. The Hall–Kier alpha value is -2.69. The molecule has 0 saturated heterocycles. The number of rotatable bonds is 6. The first-order valence-electron chi connectivity index (χ1n) is 7.34. The van der Waals surface area contributed by atoms with Crippen molar-refractivity contribution in [3.8, 4) is 17.2 Å². The molecule has 122 valence electrons. The number of ether oxygens (including phenoxy) is 3. The van der Waals surface area contributed by atoms with Crippen molar-refractivity contribution in [3.63, 3.8) is 0 Å². The third-order valence-electron chi connectivity index (χ3n) is 3.14. The van der Waals surface area contributed by atoms with Crippen LogP contribution in [-0.4, -0.2) is 26.2 Å². The number of anilines is 1. The van der Waals surface area contributed by atoms with E-state index in [2.05, 4.69) is 5.32 Å². The van der Waals surface area contributed by atoms with Gasteiger partial charge in [0.2, 0.25) is 0 Å². The number of para-hydroxylation sites is 2. The van der Waals surface area contributed by atoms with E-state index < -0.39 is 0 Å². The number of nitrogens with one attached hydrogen (secondary N) is 1. The Bertz CT molecular complexity index is 682. The van der Waals surface area contributed by atoms with Gasteiger partial charge in [0.1, 0.15) is 5.75 Å². The molecule has 5 nitrogen and oxygen atoms in total. The summed E-state index contributed by atoms with van der Waals surface area (Å²) in [6, 6.07) is 12.3. The van der Waals surface area contributed by atoms with Crippen LogP contribution in [0.1, 0.15) is 24.2 Å². The number of benzene rings is 2. The van der Waals surface area contributed by atoms with Gasteiger partial charge in [0.25, 0.3) is 5.91 Å². The molecule has 23 heavy (non-hydrogen) atoms. The topological polar surface area (TPSA) is 56.8 Å². The second-order valence-electron chi connectivity index (χ2n) is 5.19. The SMILES string of the molecule is COc1ccccc1NC(=O)c1ccc(OC(C)C)c(OC)c1. The summed E-state index contributed by atoms with van der Waals surface area (Å²) in [5.74, 6) is 1.49. The summed E-state index contributed by atoms with van der Waals surface area (Å²) in [6.07, 6.45) is 0.0251. The lowest BCUT2D eigenvalue weighted by Crippen LogP contribution is -2.13. The maximum Gasteiger partial charge on any atom is 0.255 e. The number of methoxy groups -OCH3 is 2. The van der Waals surface area contributed by atoms with Crippen LogP contribution in [0.3, 0.4) is 0 Å². The smallest absolute Gasteiger partial charge is 0.255 e. The third kappa shape index (κ3) is 4.16. The quantitative estimate of drug-likeness (QED) is 0.882. The molecule has 5 heteroatoms. The minimum Gasteiger partial charge on any atom is -0.495 e. The Kier molecular flexibility index (Phi) is 5.46. The minimum absolute atomic E-state index is 0.0251. The van der Waals surface area contributed by atoms with Gasteiger partial charge in [-0.1, -0.05) is 12.1 Å². The molecule has 0 unspecified atom stereocenters. The Morgan fingerprint density at radius 2 is 1.65 bits per heavy atom. The lowest BCUT2D eigenvalue weighted by Gasteiger charge is -2.15. The molecule has 0 aromatic heterocycles. The maximum absolute atomic E-state index is 12.4. The van der Waals surface area contributed by atoms with Crippen LogP contribution in [0.5, 0.6) is 17.2 Å². The van der Waals surface area contributed by atoms with Crippen LogP contribution in [-0.2, 0) is 0 Å². The molecule has 0 saturated carbocycles. The van der Waals surface area contributed by atoms with Gasteiger partial charge in [-0.15, -0.1) is 0 Å². The average Bonchev–Trinajstić information content (AvgIpc) is 2.55. The lowest BCUT2D eigenvalue weighted by atomic mass is 10.1. The third-order valence-corrected chi connectivity index (χ3v) is 3.14. The number of carbonyl (C=O) groups excluding carboxylic acids is 1. The van der Waals surface area contributed by atoms with Crippen LogP contribution in [0, 0.1) is 0 Å². The highest BCUT2D eigenvalue weighted by molar-refractivity contribution is 6.05. The summed E-state index contributed by atoms with van der Waals surface area (Å²) >= 11 is 0. The van der Waals surface area contributed by atoms with Crippen molar-refractivity contribution in [1.82, 2.24) is 0 Å². The highest BCUT2D eigenvalue weighted by Crippen LogP contribution is 2.30. The van der Waals surface area contributed by atoms with E-state index in [-0.39, 0.29) is 12.0 Å². The molecule has 0 aliphatic carbocycles. The Morgan fingerprint density at radius 3 is 2.30 bits per heavy atom. The van der Waals surface area contributed by atoms with Crippen LogP contribution >= 0.6 is 0 Å². The zero-order chi connectivity index (χ0) is 16.8. The fourth-order valence-corrected chi connectivity index (χ4v) is 2.10.